The third-order valence-corrected chi connectivity index (χ3v) is 4.32. The average Bonchev–Trinajstić information content (AvgIpc) is 2.48. The Morgan fingerprint density at radius 1 is 1.08 bits per heavy atom. The van der Waals surface area contributed by atoms with Crippen LogP contribution in [0.4, 0.5) is 5.69 Å². The van der Waals surface area contributed by atoms with E-state index >= 15 is 0 Å². The number of anilines is 1. The molecule has 6 N–H and O–H groups in total. The standard InChI is InChI=1S/C16H20NO6P/c1-2-12(10-6-8-11(18)9-7-10)16(20)15-13(17-24(21,22)23)4-3-5-14(15)19/h3-9,12,16,18-20H,2H2,1H3,(H3,17,21,22,23). The van der Waals surface area contributed by atoms with E-state index < -0.39 is 19.8 Å². The van der Waals surface area contributed by atoms with Crippen LogP contribution >= 0.6 is 7.75 Å². The molecule has 0 radical (unpaired) electrons. The quantitative estimate of drug-likeness (QED) is 0.440. The van der Waals surface area contributed by atoms with Crippen molar-refractivity contribution in [2.45, 2.75) is 25.4 Å². The molecule has 0 aromatic heterocycles. The van der Waals surface area contributed by atoms with Crippen molar-refractivity contribution < 1.29 is 29.7 Å². The molecule has 2 rings (SSSR count). The van der Waals surface area contributed by atoms with Gasteiger partial charge in [-0.3, -0.25) is 5.09 Å². The van der Waals surface area contributed by atoms with Crippen LogP contribution in [0.15, 0.2) is 42.5 Å². The monoisotopic (exact) mass is 353 g/mol. The molecule has 0 aliphatic heterocycles. The summed E-state index contributed by atoms with van der Waals surface area (Å²) in [5, 5.41) is 32.2. The van der Waals surface area contributed by atoms with Gasteiger partial charge >= 0.3 is 7.75 Å². The lowest BCUT2D eigenvalue weighted by molar-refractivity contribution is 0.140. The van der Waals surface area contributed by atoms with Crippen molar-refractivity contribution in [2.24, 2.45) is 0 Å². The largest absolute Gasteiger partial charge is 0.508 e. The Morgan fingerprint density at radius 3 is 2.25 bits per heavy atom. The molecule has 24 heavy (non-hydrogen) atoms. The first-order valence-electron chi connectivity index (χ1n) is 7.35. The van der Waals surface area contributed by atoms with Crippen molar-refractivity contribution >= 4 is 13.4 Å². The molecule has 0 bridgehead atoms. The van der Waals surface area contributed by atoms with Crippen LogP contribution in [0.2, 0.25) is 0 Å². The van der Waals surface area contributed by atoms with Gasteiger partial charge in [-0.25, -0.2) is 4.57 Å². The number of phenols is 2. The number of hydrogen-bond acceptors (Lipinski definition) is 4. The Kier molecular flexibility index (Phi) is 5.51. The molecule has 2 aromatic rings. The Bertz CT molecular complexity index is 743. The summed E-state index contributed by atoms with van der Waals surface area (Å²) in [6.45, 7) is 1.84. The summed E-state index contributed by atoms with van der Waals surface area (Å²) in [6, 6.07) is 10.4. The summed E-state index contributed by atoms with van der Waals surface area (Å²) in [6.07, 6.45) is -0.690. The zero-order valence-electron chi connectivity index (χ0n) is 13.0. The number of aliphatic hydroxyl groups excluding tert-OH is 1. The van der Waals surface area contributed by atoms with Crippen LogP contribution in [0.5, 0.6) is 11.5 Å². The molecular weight excluding hydrogens is 333 g/mol. The highest BCUT2D eigenvalue weighted by molar-refractivity contribution is 7.53. The van der Waals surface area contributed by atoms with Gasteiger partial charge in [-0.1, -0.05) is 25.1 Å². The summed E-state index contributed by atoms with van der Waals surface area (Å²) in [5.74, 6) is -0.607. The second kappa shape index (κ2) is 7.23. The molecule has 7 nitrogen and oxygen atoms in total. The first kappa shape index (κ1) is 18.3. The minimum atomic E-state index is -4.60. The van der Waals surface area contributed by atoms with Crippen molar-refractivity contribution in [2.75, 3.05) is 5.09 Å². The van der Waals surface area contributed by atoms with Crippen molar-refractivity contribution in [3.05, 3.63) is 53.6 Å². The number of rotatable bonds is 6. The highest BCUT2D eigenvalue weighted by Gasteiger charge is 2.28. The van der Waals surface area contributed by atoms with Crippen LogP contribution < -0.4 is 5.09 Å². The number of benzene rings is 2. The van der Waals surface area contributed by atoms with Gasteiger partial charge in [0.15, 0.2) is 0 Å². The molecule has 0 aliphatic rings. The van der Waals surface area contributed by atoms with Gasteiger partial charge < -0.3 is 25.1 Å². The fourth-order valence-electron chi connectivity index (χ4n) is 2.68. The Hall–Kier alpha value is -2.05. The molecule has 0 saturated heterocycles. The van der Waals surface area contributed by atoms with Crippen molar-refractivity contribution in [1.82, 2.24) is 0 Å². The molecule has 0 heterocycles. The summed E-state index contributed by atoms with van der Waals surface area (Å²) < 4.78 is 11.2. The highest BCUT2D eigenvalue weighted by atomic mass is 31.2. The molecule has 0 amide bonds. The summed E-state index contributed by atoms with van der Waals surface area (Å²) in [4.78, 5) is 18.2. The van der Waals surface area contributed by atoms with E-state index in [0.717, 1.165) is 5.56 Å². The van der Waals surface area contributed by atoms with Crippen LogP contribution in [-0.4, -0.2) is 25.1 Å². The second-order valence-corrected chi connectivity index (χ2v) is 6.76. The van der Waals surface area contributed by atoms with Crippen molar-refractivity contribution in [3.8, 4) is 11.5 Å². The molecule has 8 heteroatoms. The van der Waals surface area contributed by atoms with E-state index in [4.69, 9.17) is 9.79 Å². The first-order valence-corrected chi connectivity index (χ1v) is 8.97. The lowest BCUT2D eigenvalue weighted by Crippen LogP contribution is -2.13. The molecule has 0 fully saturated rings. The minimum Gasteiger partial charge on any atom is -0.508 e. The van der Waals surface area contributed by atoms with Gasteiger partial charge in [-0.05, 0) is 36.2 Å². The molecule has 2 unspecified atom stereocenters. The maximum Gasteiger partial charge on any atom is 0.427 e. The fraction of sp³-hybridized carbons (Fsp3) is 0.250. The van der Waals surface area contributed by atoms with Crippen LogP contribution in [0.25, 0.3) is 0 Å². The maximum atomic E-state index is 11.2. The van der Waals surface area contributed by atoms with Crippen molar-refractivity contribution in [1.29, 1.82) is 0 Å². The summed E-state index contributed by atoms with van der Waals surface area (Å²) >= 11 is 0. The first-order chi connectivity index (χ1) is 11.2. The zero-order chi connectivity index (χ0) is 17.9. The molecule has 2 aromatic carbocycles. The lowest BCUT2D eigenvalue weighted by atomic mass is 9.86. The Balaban J connectivity index is 2.45. The topological polar surface area (TPSA) is 130 Å². The van der Waals surface area contributed by atoms with Gasteiger partial charge in [0.05, 0.1) is 11.8 Å². The molecule has 0 aliphatic carbocycles. The van der Waals surface area contributed by atoms with Gasteiger partial charge in [0.2, 0.25) is 0 Å². The molecule has 130 valence electrons. The van der Waals surface area contributed by atoms with E-state index in [2.05, 4.69) is 0 Å². The fourth-order valence-corrected chi connectivity index (χ4v) is 3.19. The predicted molar refractivity (Wildman–Crippen MR) is 89.9 cm³/mol. The molecule has 2 atom stereocenters. The molecular formula is C16H20NO6P. The third-order valence-electron chi connectivity index (χ3n) is 3.79. The Morgan fingerprint density at radius 2 is 1.71 bits per heavy atom. The zero-order valence-corrected chi connectivity index (χ0v) is 13.9. The van der Waals surface area contributed by atoms with E-state index in [0.29, 0.717) is 6.42 Å². The number of hydrogen-bond donors (Lipinski definition) is 6. The number of phenolic OH excluding ortho intramolecular Hbond substituents is 2. The smallest absolute Gasteiger partial charge is 0.427 e. The van der Waals surface area contributed by atoms with Crippen LogP contribution in [-0.2, 0) is 4.57 Å². The summed E-state index contributed by atoms with van der Waals surface area (Å²) in [5.41, 5.74) is 0.710. The van der Waals surface area contributed by atoms with Gasteiger partial charge in [0, 0.05) is 11.5 Å². The van der Waals surface area contributed by atoms with Crippen LogP contribution in [0, 0.1) is 0 Å². The van der Waals surface area contributed by atoms with E-state index in [1.807, 2.05) is 12.0 Å². The van der Waals surface area contributed by atoms with Gasteiger partial charge in [0.25, 0.3) is 0 Å². The van der Waals surface area contributed by atoms with Crippen LogP contribution in [0.1, 0.15) is 36.5 Å². The second-order valence-electron chi connectivity index (χ2n) is 5.45. The molecule has 0 spiro atoms. The Labute approximate surface area is 139 Å². The van der Waals surface area contributed by atoms with E-state index in [9.17, 15) is 19.9 Å². The SMILES string of the molecule is CCC(c1ccc(O)cc1)C(O)c1c(O)cccc1NP(=O)(O)O. The normalized spacial score (nSPS) is 14.2. The van der Waals surface area contributed by atoms with Gasteiger partial charge in [-0.2, -0.15) is 0 Å². The summed E-state index contributed by atoms with van der Waals surface area (Å²) in [7, 11) is -4.60. The third kappa shape index (κ3) is 4.27. The number of aromatic hydroxyl groups is 2. The van der Waals surface area contributed by atoms with Crippen molar-refractivity contribution in [3.63, 3.8) is 0 Å². The number of nitrogens with one attached hydrogen (secondary N) is 1. The highest BCUT2D eigenvalue weighted by Crippen LogP contribution is 2.45. The van der Waals surface area contributed by atoms with Crippen LogP contribution in [0.3, 0.4) is 0 Å². The lowest BCUT2D eigenvalue weighted by Gasteiger charge is -2.25. The maximum absolute atomic E-state index is 11.2. The van der Waals surface area contributed by atoms with E-state index in [1.165, 1.54) is 30.3 Å². The van der Waals surface area contributed by atoms with Gasteiger partial charge in [0.1, 0.15) is 11.5 Å². The predicted octanol–water partition coefficient (Wildman–Crippen LogP) is 2.83. The van der Waals surface area contributed by atoms with Gasteiger partial charge in [-0.15, -0.1) is 0 Å². The van der Waals surface area contributed by atoms with E-state index in [1.54, 1.807) is 12.1 Å². The average molecular weight is 353 g/mol. The molecule has 0 saturated carbocycles. The van der Waals surface area contributed by atoms with E-state index in [-0.39, 0.29) is 22.7 Å². The number of aliphatic hydroxyl groups is 1. The minimum absolute atomic E-state index is 0.0146.